The normalized spacial score (nSPS) is 10.3. The molecule has 18 heavy (non-hydrogen) atoms. The lowest BCUT2D eigenvalue weighted by molar-refractivity contribution is 0.146. The van der Waals surface area contributed by atoms with E-state index < -0.39 is 0 Å². The van der Waals surface area contributed by atoms with E-state index in [1.165, 1.54) is 0 Å². The second-order valence-corrected chi connectivity index (χ2v) is 3.80. The highest BCUT2D eigenvalue weighted by molar-refractivity contribution is 5.46. The van der Waals surface area contributed by atoms with E-state index in [9.17, 15) is 0 Å². The van der Waals surface area contributed by atoms with Gasteiger partial charge in [0.25, 0.3) is 0 Å². The van der Waals surface area contributed by atoms with Crippen LogP contribution < -0.4 is 10.1 Å². The zero-order chi connectivity index (χ0) is 12.6. The molecule has 0 aliphatic carbocycles. The van der Waals surface area contributed by atoms with Gasteiger partial charge in [-0.15, -0.1) is 0 Å². The Balaban J connectivity index is 1.80. The Morgan fingerprint density at radius 3 is 2.72 bits per heavy atom. The van der Waals surface area contributed by atoms with E-state index in [1.54, 1.807) is 19.6 Å². The Hall–Kier alpha value is -2.01. The van der Waals surface area contributed by atoms with Crippen LogP contribution in [0.5, 0.6) is 5.75 Å². The van der Waals surface area contributed by atoms with E-state index in [1.807, 2.05) is 24.3 Å². The lowest BCUT2D eigenvalue weighted by Gasteiger charge is -2.08. The molecule has 1 aromatic carbocycles. The van der Waals surface area contributed by atoms with Gasteiger partial charge in [-0.3, -0.25) is 0 Å². The van der Waals surface area contributed by atoms with Crippen molar-refractivity contribution in [2.45, 2.75) is 6.54 Å². The van der Waals surface area contributed by atoms with Crippen LogP contribution in [0.2, 0.25) is 0 Å². The van der Waals surface area contributed by atoms with E-state index in [4.69, 9.17) is 9.47 Å². The lowest BCUT2D eigenvalue weighted by atomic mass is 10.3. The summed E-state index contributed by atoms with van der Waals surface area (Å²) in [6.45, 7) is 1.89. The smallest absolute Gasteiger partial charge is 0.119 e. The largest absolute Gasteiger partial charge is 0.491 e. The molecule has 1 aromatic heterocycles. The molecular weight excluding hydrogens is 230 g/mol. The van der Waals surface area contributed by atoms with Crippen LogP contribution in [0, 0.1) is 0 Å². The second kappa shape index (κ2) is 6.66. The summed E-state index contributed by atoms with van der Waals surface area (Å²) in [5.74, 6) is 0.846. The first kappa shape index (κ1) is 12.4. The first-order chi connectivity index (χ1) is 8.88. The van der Waals surface area contributed by atoms with E-state index in [0.717, 1.165) is 23.7 Å². The zero-order valence-electron chi connectivity index (χ0n) is 10.3. The number of H-pyrrole nitrogens is 1. The fraction of sp³-hybridized carbons (Fsp3) is 0.308. The molecule has 2 rings (SSSR count). The van der Waals surface area contributed by atoms with Gasteiger partial charge < -0.3 is 19.8 Å². The van der Waals surface area contributed by atoms with Crippen molar-refractivity contribution in [3.63, 3.8) is 0 Å². The highest BCUT2D eigenvalue weighted by atomic mass is 16.5. The molecule has 0 amide bonds. The van der Waals surface area contributed by atoms with Crippen LogP contribution in [0.15, 0.2) is 36.8 Å². The molecule has 0 spiro atoms. The number of rotatable bonds is 7. The van der Waals surface area contributed by atoms with Crippen LogP contribution >= 0.6 is 0 Å². The number of ether oxygens (including phenoxy) is 2. The van der Waals surface area contributed by atoms with Gasteiger partial charge in [-0.1, -0.05) is 0 Å². The summed E-state index contributed by atoms with van der Waals surface area (Å²) in [5.41, 5.74) is 2.10. The third-order valence-corrected chi connectivity index (χ3v) is 2.45. The number of hydrogen-bond donors (Lipinski definition) is 2. The molecule has 0 unspecified atom stereocenters. The highest BCUT2D eigenvalue weighted by Gasteiger charge is 1.97. The third-order valence-electron chi connectivity index (χ3n) is 2.45. The molecule has 0 bridgehead atoms. The van der Waals surface area contributed by atoms with Crippen molar-refractivity contribution >= 4 is 5.69 Å². The average molecular weight is 247 g/mol. The van der Waals surface area contributed by atoms with Crippen molar-refractivity contribution in [1.82, 2.24) is 9.97 Å². The fourth-order valence-corrected chi connectivity index (χ4v) is 1.49. The van der Waals surface area contributed by atoms with E-state index in [-0.39, 0.29) is 0 Å². The Morgan fingerprint density at radius 1 is 1.22 bits per heavy atom. The van der Waals surface area contributed by atoms with Crippen LogP contribution in [-0.4, -0.2) is 30.3 Å². The van der Waals surface area contributed by atoms with Crippen molar-refractivity contribution in [2.24, 2.45) is 0 Å². The summed E-state index contributed by atoms with van der Waals surface area (Å²) in [4.78, 5) is 7.00. The van der Waals surface area contributed by atoms with Gasteiger partial charge >= 0.3 is 0 Å². The number of hydrogen-bond acceptors (Lipinski definition) is 4. The molecule has 1 heterocycles. The zero-order valence-corrected chi connectivity index (χ0v) is 10.3. The molecule has 0 aliphatic heterocycles. The van der Waals surface area contributed by atoms with E-state index >= 15 is 0 Å². The molecule has 0 radical (unpaired) electrons. The monoisotopic (exact) mass is 247 g/mol. The van der Waals surface area contributed by atoms with Crippen LogP contribution in [0.25, 0.3) is 0 Å². The Bertz CT molecular complexity index is 440. The Labute approximate surface area is 106 Å². The van der Waals surface area contributed by atoms with Crippen LogP contribution in [-0.2, 0) is 11.3 Å². The second-order valence-electron chi connectivity index (χ2n) is 3.80. The number of nitrogens with one attached hydrogen (secondary N) is 2. The minimum Gasteiger partial charge on any atom is -0.491 e. The lowest BCUT2D eigenvalue weighted by Crippen LogP contribution is -2.04. The summed E-state index contributed by atoms with van der Waals surface area (Å²) >= 11 is 0. The molecule has 0 saturated heterocycles. The molecular formula is C13H17N3O2. The van der Waals surface area contributed by atoms with Gasteiger partial charge in [0.1, 0.15) is 12.4 Å². The Kier molecular flexibility index (Phi) is 4.60. The van der Waals surface area contributed by atoms with E-state index in [2.05, 4.69) is 15.3 Å². The first-order valence-electron chi connectivity index (χ1n) is 5.81. The number of methoxy groups -OCH3 is 1. The van der Waals surface area contributed by atoms with Crippen molar-refractivity contribution in [2.75, 3.05) is 25.6 Å². The predicted molar refractivity (Wildman–Crippen MR) is 69.7 cm³/mol. The molecule has 0 fully saturated rings. The molecule has 96 valence electrons. The van der Waals surface area contributed by atoms with Gasteiger partial charge in [-0.25, -0.2) is 4.98 Å². The highest BCUT2D eigenvalue weighted by Crippen LogP contribution is 2.16. The number of nitrogens with zero attached hydrogens (tertiary/aromatic N) is 1. The molecule has 5 heteroatoms. The van der Waals surface area contributed by atoms with Crippen molar-refractivity contribution < 1.29 is 9.47 Å². The standard InChI is InChI=1S/C13H17N3O2/c1-17-6-7-18-13-4-2-11(3-5-13)15-9-12-8-14-10-16-12/h2-5,8,10,15H,6-7,9H2,1H3,(H,14,16). The maximum atomic E-state index is 5.48. The number of aromatic amines is 1. The van der Waals surface area contributed by atoms with E-state index in [0.29, 0.717) is 13.2 Å². The van der Waals surface area contributed by atoms with Crippen molar-refractivity contribution in [1.29, 1.82) is 0 Å². The van der Waals surface area contributed by atoms with Gasteiger partial charge in [0.15, 0.2) is 0 Å². The average Bonchev–Trinajstić information content (AvgIpc) is 2.91. The summed E-state index contributed by atoms with van der Waals surface area (Å²) in [5, 5.41) is 3.29. The third kappa shape index (κ3) is 3.78. The molecule has 0 saturated carbocycles. The molecule has 0 atom stereocenters. The topological polar surface area (TPSA) is 59.2 Å². The van der Waals surface area contributed by atoms with Crippen LogP contribution in [0.1, 0.15) is 5.69 Å². The summed E-state index contributed by atoms with van der Waals surface area (Å²) < 4.78 is 10.4. The van der Waals surface area contributed by atoms with Gasteiger partial charge in [-0.05, 0) is 24.3 Å². The number of benzene rings is 1. The maximum Gasteiger partial charge on any atom is 0.119 e. The van der Waals surface area contributed by atoms with Gasteiger partial charge in [0.05, 0.1) is 25.2 Å². The molecule has 0 aliphatic rings. The van der Waals surface area contributed by atoms with Gasteiger partial charge in [-0.2, -0.15) is 0 Å². The van der Waals surface area contributed by atoms with Gasteiger partial charge in [0.2, 0.25) is 0 Å². The van der Waals surface area contributed by atoms with Crippen LogP contribution in [0.3, 0.4) is 0 Å². The van der Waals surface area contributed by atoms with Crippen molar-refractivity contribution in [3.8, 4) is 5.75 Å². The fourth-order valence-electron chi connectivity index (χ4n) is 1.49. The Morgan fingerprint density at radius 2 is 2.06 bits per heavy atom. The molecule has 2 N–H and O–H groups in total. The number of anilines is 1. The molecule has 5 nitrogen and oxygen atoms in total. The maximum absolute atomic E-state index is 5.48. The number of aromatic nitrogens is 2. The summed E-state index contributed by atoms with van der Waals surface area (Å²) in [6.07, 6.45) is 3.47. The minimum absolute atomic E-state index is 0.567. The summed E-state index contributed by atoms with van der Waals surface area (Å²) in [6, 6.07) is 7.84. The van der Waals surface area contributed by atoms with Gasteiger partial charge in [0, 0.05) is 19.0 Å². The summed E-state index contributed by atoms with van der Waals surface area (Å²) in [7, 11) is 1.66. The quantitative estimate of drug-likeness (QED) is 0.735. The first-order valence-corrected chi connectivity index (χ1v) is 5.81. The minimum atomic E-state index is 0.567. The van der Waals surface area contributed by atoms with Crippen LogP contribution in [0.4, 0.5) is 5.69 Å². The molecule has 2 aromatic rings. The van der Waals surface area contributed by atoms with Crippen molar-refractivity contribution in [3.05, 3.63) is 42.5 Å². The predicted octanol–water partition coefficient (Wildman–Crippen LogP) is 2.05. The SMILES string of the molecule is COCCOc1ccc(NCc2cnc[nH]2)cc1. The number of imidazole rings is 1.